The highest BCUT2D eigenvalue weighted by molar-refractivity contribution is 5.87. The Hall–Kier alpha value is -2.47. The fourth-order valence-electron chi connectivity index (χ4n) is 2.36. The van der Waals surface area contributed by atoms with Crippen molar-refractivity contribution in [1.29, 1.82) is 0 Å². The Balaban J connectivity index is 2.34. The topological polar surface area (TPSA) is 73.3 Å². The van der Waals surface area contributed by atoms with Gasteiger partial charge in [0, 0.05) is 25.8 Å². The lowest BCUT2D eigenvalue weighted by Gasteiger charge is -2.23. The van der Waals surface area contributed by atoms with Crippen LogP contribution >= 0.6 is 0 Å². The minimum atomic E-state index is -0.147. The summed E-state index contributed by atoms with van der Waals surface area (Å²) in [6.45, 7) is 8.86. The average Bonchev–Trinajstić information content (AvgIpc) is 2.54. The summed E-state index contributed by atoms with van der Waals surface area (Å²) in [4.78, 5) is 20.0. The van der Waals surface area contributed by atoms with Gasteiger partial charge in [-0.2, -0.15) is 0 Å². The molecule has 1 N–H and O–H groups in total. The minimum absolute atomic E-state index is 0.112. The van der Waals surface area contributed by atoms with Gasteiger partial charge in [-0.15, -0.1) is 0 Å². The zero-order valence-electron chi connectivity index (χ0n) is 15.4. The van der Waals surface area contributed by atoms with Crippen LogP contribution in [0.25, 0.3) is 11.3 Å². The first kappa shape index (κ1) is 18.9. The van der Waals surface area contributed by atoms with Gasteiger partial charge in [-0.05, 0) is 29.2 Å². The van der Waals surface area contributed by atoms with Gasteiger partial charge in [-0.1, -0.05) is 20.8 Å². The predicted molar refractivity (Wildman–Crippen MR) is 97.8 cm³/mol. The molecule has 0 aliphatic heterocycles. The second kappa shape index (κ2) is 8.07. The number of carbonyl (C=O) groups is 1. The van der Waals surface area contributed by atoms with E-state index < -0.39 is 0 Å². The van der Waals surface area contributed by atoms with E-state index in [4.69, 9.17) is 9.47 Å². The molecular weight excluding hydrogens is 318 g/mol. The van der Waals surface area contributed by atoms with Crippen LogP contribution in [-0.2, 0) is 14.9 Å². The fourth-order valence-corrected chi connectivity index (χ4v) is 2.36. The van der Waals surface area contributed by atoms with Crippen LogP contribution in [0.1, 0.15) is 33.3 Å². The van der Waals surface area contributed by atoms with E-state index in [9.17, 15) is 4.79 Å². The summed E-state index contributed by atoms with van der Waals surface area (Å²) < 4.78 is 10.7. The van der Waals surface area contributed by atoms with Crippen molar-refractivity contribution in [2.24, 2.45) is 0 Å². The lowest BCUT2D eigenvalue weighted by atomic mass is 9.84. The molecule has 134 valence electrons. The van der Waals surface area contributed by atoms with Gasteiger partial charge in [0.15, 0.2) is 0 Å². The zero-order chi connectivity index (χ0) is 18.4. The highest BCUT2D eigenvalue weighted by atomic mass is 16.5. The van der Waals surface area contributed by atoms with Crippen LogP contribution in [-0.4, -0.2) is 36.2 Å². The third-order valence-corrected chi connectivity index (χ3v) is 3.57. The SMILES string of the molecule is COCCOc1cnc(-c2ccc(NC(C)=O)nc2)c(C(C)(C)C)c1. The Kier molecular flexibility index (Phi) is 6.09. The summed E-state index contributed by atoms with van der Waals surface area (Å²) in [6.07, 6.45) is 3.43. The largest absolute Gasteiger partial charge is 0.490 e. The normalized spacial score (nSPS) is 11.2. The van der Waals surface area contributed by atoms with E-state index in [1.807, 2.05) is 12.1 Å². The molecule has 0 aliphatic rings. The standard InChI is InChI=1S/C19H25N3O3/c1-13(23)22-17-7-6-14(11-20-17)18-16(19(2,3)4)10-15(12-21-18)25-9-8-24-5/h6-7,10-12H,8-9H2,1-5H3,(H,20,22,23). The molecule has 2 rings (SSSR count). The first-order chi connectivity index (χ1) is 11.8. The zero-order valence-corrected chi connectivity index (χ0v) is 15.4. The highest BCUT2D eigenvalue weighted by Gasteiger charge is 2.21. The number of ether oxygens (including phenoxy) is 2. The minimum Gasteiger partial charge on any atom is -0.490 e. The van der Waals surface area contributed by atoms with E-state index in [2.05, 4.69) is 36.1 Å². The molecule has 0 bridgehead atoms. The van der Waals surface area contributed by atoms with E-state index in [1.54, 1.807) is 25.6 Å². The molecule has 0 fully saturated rings. The number of amides is 1. The van der Waals surface area contributed by atoms with Crippen LogP contribution in [0, 0.1) is 0 Å². The molecule has 1 amide bonds. The first-order valence-corrected chi connectivity index (χ1v) is 8.17. The number of hydrogen-bond acceptors (Lipinski definition) is 5. The number of nitrogens with zero attached hydrogens (tertiary/aromatic N) is 2. The Bertz CT molecular complexity index is 722. The molecule has 0 aliphatic carbocycles. The van der Waals surface area contributed by atoms with Crippen LogP contribution in [0.4, 0.5) is 5.82 Å². The van der Waals surface area contributed by atoms with Crippen molar-refractivity contribution in [2.75, 3.05) is 25.6 Å². The van der Waals surface area contributed by atoms with E-state index in [-0.39, 0.29) is 11.3 Å². The van der Waals surface area contributed by atoms with Crippen LogP contribution in [0.5, 0.6) is 5.75 Å². The molecule has 0 aromatic carbocycles. The third kappa shape index (κ3) is 5.26. The summed E-state index contributed by atoms with van der Waals surface area (Å²) in [7, 11) is 1.64. The summed E-state index contributed by atoms with van der Waals surface area (Å²) in [5, 5.41) is 2.66. The van der Waals surface area contributed by atoms with Crippen molar-refractivity contribution < 1.29 is 14.3 Å². The van der Waals surface area contributed by atoms with Crippen molar-refractivity contribution in [2.45, 2.75) is 33.1 Å². The van der Waals surface area contributed by atoms with E-state index in [0.717, 1.165) is 16.8 Å². The second-order valence-electron chi connectivity index (χ2n) is 6.77. The van der Waals surface area contributed by atoms with Crippen molar-refractivity contribution >= 4 is 11.7 Å². The number of rotatable bonds is 6. The average molecular weight is 343 g/mol. The van der Waals surface area contributed by atoms with Crippen LogP contribution in [0.2, 0.25) is 0 Å². The van der Waals surface area contributed by atoms with Crippen molar-refractivity contribution in [3.63, 3.8) is 0 Å². The number of methoxy groups -OCH3 is 1. The maximum atomic E-state index is 11.1. The maximum absolute atomic E-state index is 11.1. The Labute approximate surface area is 148 Å². The van der Waals surface area contributed by atoms with Gasteiger partial charge in [0.05, 0.1) is 18.5 Å². The summed E-state index contributed by atoms with van der Waals surface area (Å²) in [5.41, 5.74) is 2.70. The highest BCUT2D eigenvalue weighted by Crippen LogP contribution is 2.33. The Morgan fingerprint density at radius 3 is 2.48 bits per heavy atom. The lowest BCUT2D eigenvalue weighted by Crippen LogP contribution is -2.15. The lowest BCUT2D eigenvalue weighted by molar-refractivity contribution is -0.114. The van der Waals surface area contributed by atoms with E-state index in [0.29, 0.717) is 24.8 Å². The molecule has 25 heavy (non-hydrogen) atoms. The molecule has 2 aromatic rings. The monoisotopic (exact) mass is 343 g/mol. The first-order valence-electron chi connectivity index (χ1n) is 8.17. The molecule has 6 heteroatoms. The summed E-state index contributed by atoms with van der Waals surface area (Å²) in [6, 6.07) is 5.69. The number of carbonyl (C=O) groups excluding carboxylic acids is 1. The van der Waals surface area contributed by atoms with Gasteiger partial charge < -0.3 is 14.8 Å². The van der Waals surface area contributed by atoms with E-state index >= 15 is 0 Å². The molecule has 2 heterocycles. The Morgan fingerprint density at radius 2 is 1.92 bits per heavy atom. The van der Waals surface area contributed by atoms with Gasteiger partial charge in [-0.25, -0.2) is 4.98 Å². The van der Waals surface area contributed by atoms with E-state index in [1.165, 1.54) is 6.92 Å². The van der Waals surface area contributed by atoms with Crippen LogP contribution < -0.4 is 10.1 Å². The third-order valence-electron chi connectivity index (χ3n) is 3.57. The quantitative estimate of drug-likeness (QED) is 0.814. The second-order valence-corrected chi connectivity index (χ2v) is 6.77. The van der Waals surface area contributed by atoms with Crippen molar-refractivity contribution in [1.82, 2.24) is 9.97 Å². The van der Waals surface area contributed by atoms with Crippen LogP contribution in [0.3, 0.4) is 0 Å². The van der Waals surface area contributed by atoms with Crippen molar-refractivity contribution in [3.8, 4) is 17.0 Å². The summed E-state index contributed by atoms with van der Waals surface area (Å²) >= 11 is 0. The van der Waals surface area contributed by atoms with Crippen LogP contribution in [0.15, 0.2) is 30.6 Å². The number of pyridine rings is 2. The number of anilines is 1. The Morgan fingerprint density at radius 1 is 1.16 bits per heavy atom. The molecule has 2 aromatic heterocycles. The van der Waals surface area contributed by atoms with Gasteiger partial charge in [0.1, 0.15) is 18.2 Å². The number of aromatic nitrogens is 2. The molecule has 0 atom stereocenters. The van der Waals surface area contributed by atoms with Gasteiger partial charge in [-0.3, -0.25) is 9.78 Å². The summed E-state index contributed by atoms with van der Waals surface area (Å²) in [5.74, 6) is 1.09. The molecule has 0 saturated heterocycles. The molecule has 0 radical (unpaired) electrons. The molecule has 0 saturated carbocycles. The number of hydrogen-bond donors (Lipinski definition) is 1. The fraction of sp³-hybridized carbons (Fsp3) is 0.421. The van der Waals surface area contributed by atoms with Gasteiger partial charge in [0.25, 0.3) is 0 Å². The van der Waals surface area contributed by atoms with Gasteiger partial charge in [0.2, 0.25) is 5.91 Å². The predicted octanol–water partition coefficient (Wildman–Crippen LogP) is 3.42. The molecule has 0 unspecified atom stereocenters. The van der Waals surface area contributed by atoms with Gasteiger partial charge >= 0.3 is 0 Å². The maximum Gasteiger partial charge on any atom is 0.222 e. The molecule has 0 spiro atoms. The van der Waals surface area contributed by atoms with Crippen molar-refractivity contribution in [3.05, 3.63) is 36.2 Å². The number of nitrogens with one attached hydrogen (secondary N) is 1. The molecular formula is C19H25N3O3. The molecule has 6 nitrogen and oxygen atoms in total. The smallest absolute Gasteiger partial charge is 0.222 e.